The second-order valence-corrected chi connectivity index (χ2v) is 4.93. The lowest BCUT2D eigenvalue weighted by molar-refractivity contribution is -0.137. The van der Waals surface area contributed by atoms with Crippen LogP contribution in [0.2, 0.25) is 0 Å². The Morgan fingerprint density at radius 1 is 1.35 bits per heavy atom. The predicted molar refractivity (Wildman–Crippen MR) is 74.8 cm³/mol. The van der Waals surface area contributed by atoms with Gasteiger partial charge in [-0.2, -0.15) is 0 Å². The summed E-state index contributed by atoms with van der Waals surface area (Å²) in [5.74, 6) is -0.0478. The van der Waals surface area contributed by atoms with E-state index in [1.54, 1.807) is 13.3 Å². The number of carboxylic acids is 1. The molecule has 20 heavy (non-hydrogen) atoms. The van der Waals surface area contributed by atoms with Gasteiger partial charge >= 0.3 is 5.97 Å². The quantitative estimate of drug-likeness (QED) is 0.826. The van der Waals surface area contributed by atoms with Gasteiger partial charge in [0.1, 0.15) is 0 Å². The maximum Gasteiger partial charge on any atom is 0.304 e. The Balaban J connectivity index is 1.81. The third-order valence-electron chi connectivity index (χ3n) is 3.54. The van der Waals surface area contributed by atoms with Crippen molar-refractivity contribution in [3.8, 4) is 5.88 Å². The molecule has 6 heteroatoms. The summed E-state index contributed by atoms with van der Waals surface area (Å²) in [6, 6.07) is 3.95. The molecule has 1 aromatic heterocycles. The minimum Gasteiger partial charge on any atom is -0.481 e. The van der Waals surface area contributed by atoms with Crippen LogP contribution < -0.4 is 4.74 Å². The number of aromatic nitrogens is 1. The lowest BCUT2D eigenvalue weighted by atomic mass is 10.2. The normalized spacial score (nSPS) is 17.1. The van der Waals surface area contributed by atoms with Gasteiger partial charge in [0, 0.05) is 51.0 Å². The molecule has 0 unspecified atom stereocenters. The molecule has 1 fully saturated rings. The van der Waals surface area contributed by atoms with Crippen LogP contribution >= 0.6 is 0 Å². The highest BCUT2D eigenvalue weighted by Crippen LogP contribution is 2.17. The fourth-order valence-corrected chi connectivity index (χ4v) is 2.39. The average molecular weight is 279 g/mol. The first kappa shape index (κ1) is 14.7. The van der Waals surface area contributed by atoms with E-state index in [0.717, 1.165) is 38.3 Å². The van der Waals surface area contributed by atoms with E-state index in [4.69, 9.17) is 9.84 Å². The van der Waals surface area contributed by atoms with Crippen molar-refractivity contribution in [2.45, 2.75) is 13.0 Å². The van der Waals surface area contributed by atoms with Gasteiger partial charge in [-0.15, -0.1) is 0 Å². The number of carbonyl (C=O) groups is 1. The number of aliphatic carboxylic acids is 1. The monoisotopic (exact) mass is 279 g/mol. The molecule has 0 bridgehead atoms. The number of piperazine rings is 1. The van der Waals surface area contributed by atoms with E-state index in [1.165, 1.54) is 0 Å². The molecule has 0 spiro atoms. The minimum absolute atomic E-state index is 0.219. The van der Waals surface area contributed by atoms with Gasteiger partial charge < -0.3 is 14.7 Å². The standard InChI is InChI=1S/C14H21N3O3/c1-20-14-12(3-2-5-15-14)11-17-9-7-16(8-10-17)6-4-13(18)19/h2-3,5H,4,6-11H2,1H3,(H,18,19). The van der Waals surface area contributed by atoms with Crippen LogP contribution in [0.4, 0.5) is 0 Å². The van der Waals surface area contributed by atoms with E-state index in [2.05, 4.69) is 14.8 Å². The molecule has 1 aliphatic rings. The molecule has 0 atom stereocenters. The molecular formula is C14H21N3O3. The first-order valence-electron chi connectivity index (χ1n) is 6.83. The lowest BCUT2D eigenvalue weighted by Gasteiger charge is -2.34. The molecule has 1 aromatic rings. The summed E-state index contributed by atoms with van der Waals surface area (Å²) < 4.78 is 5.26. The van der Waals surface area contributed by atoms with Gasteiger partial charge in [0.15, 0.2) is 0 Å². The summed E-state index contributed by atoms with van der Waals surface area (Å²) in [4.78, 5) is 19.3. The Morgan fingerprint density at radius 2 is 2.05 bits per heavy atom. The van der Waals surface area contributed by atoms with Gasteiger partial charge in [-0.05, 0) is 6.07 Å². The van der Waals surface area contributed by atoms with Gasteiger partial charge in [-0.1, -0.05) is 6.07 Å². The second-order valence-electron chi connectivity index (χ2n) is 4.93. The average Bonchev–Trinajstić information content (AvgIpc) is 2.47. The molecule has 2 rings (SSSR count). The molecule has 0 aromatic carbocycles. The van der Waals surface area contributed by atoms with Crippen LogP contribution in [-0.2, 0) is 11.3 Å². The number of ether oxygens (including phenoxy) is 1. The molecule has 0 saturated carbocycles. The van der Waals surface area contributed by atoms with Crippen LogP contribution in [-0.4, -0.2) is 65.7 Å². The Hall–Kier alpha value is -1.66. The van der Waals surface area contributed by atoms with Crippen LogP contribution in [0.25, 0.3) is 0 Å². The molecule has 110 valence electrons. The molecule has 1 aliphatic heterocycles. The zero-order valence-electron chi connectivity index (χ0n) is 11.8. The Bertz CT molecular complexity index is 445. The van der Waals surface area contributed by atoms with E-state index < -0.39 is 5.97 Å². The number of carboxylic acid groups (broad SMARTS) is 1. The summed E-state index contributed by atoms with van der Waals surface area (Å²) >= 11 is 0. The number of hydrogen-bond acceptors (Lipinski definition) is 5. The van der Waals surface area contributed by atoms with Crippen molar-refractivity contribution < 1.29 is 14.6 Å². The zero-order chi connectivity index (χ0) is 14.4. The highest BCUT2D eigenvalue weighted by atomic mass is 16.5. The fraction of sp³-hybridized carbons (Fsp3) is 0.571. The van der Waals surface area contributed by atoms with Gasteiger partial charge in [0.25, 0.3) is 0 Å². The highest BCUT2D eigenvalue weighted by Gasteiger charge is 2.18. The Labute approximate surface area is 119 Å². The molecule has 1 saturated heterocycles. The number of nitrogens with zero attached hydrogens (tertiary/aromatic N) is 3. The SMILES string of the molecule is COc1ncccc1CN1CCN(CCC(=O)O)CC1. The molecule has 2 heterocycles. The van der Waals surface area contributed by atoms with Crippen LogP contribution in [0.1, 0.15) is 12.0 Å². The lowest BCUT2D eigenvalue weighted by Crippen LogP contribution is -2.46. The number of hydrogen-bond donors (Lipinski definition) is 1. The Kier molecular flexibility index (Phi) is 5.31. The van der Waals surface area contributed by atoms with E-state index in [0.29, 0.717) is 12.4 Å². The van der Waals surface area contributed by atoms with Crippen molar-refractivity contribution in [3.05, 3.63) is 23.9 Å². The third-order valence-corrected chi connectivity index (χ3v) is 3.54. The van der Waals surface area contributed by atoms with Crippen molar-refractivity contribution in [3.63, 3.8) is 0 Å². The van der Waals surface area contributed by atoms with Crippen LogP contribution in [0.5, 0.6) is 5.88 Å². The second kappa shape index (κ2) is 7.21. The highest BCUT2D eigenvalue weighted by molar-refractivity contribution is 5.66. The van der Waals surface area contributed by atoms with Crippen molar-refractivity contribution in [1.82, 2.24) is 14.8 Å². The van der Waals surface area contributed by atoms with Crippen LogP contribution in [0.3, 0.4) is 0 Å². The maximum atomic E-state index is 10.6. The number of rotatable bonds is 6. The molecule has 0 radical (unpaired) electrons. The number of methoxy groups -OCH3 is 1. The van der Waals surface area contributed by atoms with Crippen LogP contribution in [0.15, 0.2) is 18.3 Å². The minimum atomic E-state index is -0.729. The first-order chi connectivity index (χ1) is 9.69. The van der Waals surface area contributed by atoms with E-state index in [1.807, 2.05) is 12.1 Å². The summed E-state index contributed by atoms with van der Waals surface area (Å²) in [6.45, 7) is 5.17. The van der Waals surface area contributed by atoms with Crippen molar-refractivity contribution >= 4 is 5.97 Å². The molecule has 0 aliphatic carbocycles. The maximum absolute atomic E-state index is 10.6. The fourth-order valence-electron chi connectivity index (χ4n) is 2.39. The molecule has 1 N–H and O–H groups in total. The smallest absolute Gasteiger partial charge is 0.304 e. The summed E-state index contributed by atoms with van der Waals surface area (Å²) in [7, 11) is 1.63. The van der Waals surface area contributed by atoms with E-state index in [-0.39, 0.29) is 6.42 Å². The predicted octanol–water partition coefficient (Wildman–Crippen LogP) is 0.683. The van der Waals surface area contributed by atoms with Crippen molar-refractivity contribution in [1.29, 1.82) is 0 Å². The largest absolute Gasteiger partial charge is 0.481 e. The van der Waals surface area contributed by atoms with Gasteiger partial charge in [0.2, 0.25) is 5.88 Å². The van der Waals surface area contributed by atoms with Crippen molar-refractivity contribution in [2.75, 3.05) is 39.8 Å². The van der Waals surface area contributed by atoms with E-state index >= 15 is 0 Å². The first-order valence-corrected chi connectivity index (χ1v) is 6.83. The van der Waals surface area contributed by atoms with E-state index in [9.17, 15) is 4.79 Å². The summed E-state index contributed by atoms with van der Waals surface area (Å²) in [5.41, 5.74) is 1.09. The molecule has 0 amide bonds. The van der Waals surface area contributed by atoms with Gasteiger partial charge in [0.05, 0.1) is 13.5 Å². The Morgan fingerprint density at radius 3 is 2.70 bits per heavy atom. The zero-order valence-corrected chi connectivity index (χ0v) is 11.8. The summed E-state index contributed by atoms with van der Waals surface area (Å²) in [6.07, 6.45) is 1.95. The van der Waals surface area contributed by atoms with Gasteiger partial charge in [-0.3, -0.25) is 9.69 Å². The van der Waals surface area contributed by atoms with Crippen LogP contribution in [0, 0.1) is 0 Å². The molecule has 6 nitrogen and oxygen atoms in total. The third kappa shape index (κ3) is 4.18. The summed E-state index contributed by atoms with van der Waals surface area (Å²) in [5, 5.41) is 8.69. The topological polar surface area (TPSA) is 65.9 Å². The van der Waals surface area contributed by atoms with Crippen molar-refractivity contribution in [2.24, 2.45) is 0 Å². The molecular weight excluding hydrogens is 258 g/mol. The van der Waals surface area contributed by atoms with Gasteiger partial charge in [-0.25, -0.2) is 4.98 Å². The number of pyridine rings is 1.